The van der Waals surface area contributed by atoms with E-state index in [2.05, 4.69) is 17.6 Å². The average Bonchev–Trinajstić information content (AvgIpc) is 2.84. The van der Waals surface area contributed by atoms with Crippen LogP contribution in [0.3, 0.4) is 0 Å². The SMILES string of the molecule is CCC1OCCC1CNC(=O)C1CCCNC1. The molecule has 0 aromatic heterocycles. The fourth-order valence-electron chi connectivity index (χ4n) is 2.83. The summed E-state index contributed by atoms with van der Waals surface area (Å²) in [6.45, 7) is 5.68. The topological polar surface area (TPSA) is 50.4 Å². The summed E-state index contributed by atoms with van der Waals surface area (Å²) >= 11 is 0. The number of rotatable bonds is 4. The second-order valence-electron chi connectivity index (χ2n) is 5.15. The Balaban J connectivity index is 1.71. The molecule has 0 spiro atoms. The highest BCUT2D eigenvalue weighted by molar-refractivity contribution is 5.78. The van der Waals surface area contributed by atoms with Gasteiger partial charge in [-0.15, -0.1) is 0 Å². The van der Waals surface area contributed by atoms with Crippen molar-refractivity contribution in [3.8, 4) is 0 Å². The van der Waals surface area contributed by atoms with E-state index in [1.165, 1.54) is 0 Å². The van der Waals surface area contributed by atoms with E-state index in [-0.39, 0.29) is 11.8 Å². The van der Waals surface area contributed by atoms with Gasteiger partial charge in [-0.3, -0.25) is 4.79 Å². The molecule has 2 aliphatic rings. The molecule has 0 aromatic rings. The van der Waals surface area contributed by atoms with E-state index in [0.29, 0.717) is 12.0 Å². The lowest BCUT2D eigenvalue weighted by Crippen LogP contribution is -2.42. The zero-order valence-electron chi connectivity index (χ0n) is 10.7. The van der Waals surface area contributed by atoms with Crippen LogP contribution in [-0.4, -0.2) is 38.3 Å². The van der Waals surface area contributed by atoms with Crippen LogP contribution >= 0.6 is 0 Å². The molecule has 2 fully saturated rings. The molecule has 3 atom stereocenters. The van der Waals surface area contributed by atoms with Gasteiger partial charge in [0.2, 0.25) is 5.91 Å². The van der Waals surface area contributed by atoms with Crippen molar-refractivity contribution in [2.45, 2.75) is 38.7 Å². The Labute approximate surface area is 103 Å². The van der Waals surface area contributed by atoms with E-state index in [1.54, 1.807) is 0 Å². The molecule has 4 heteroatoms. The van der Waals surface area contributed by atoms with Crippen molar-refractivity contribution in [2.75, 3.05) is 26.2 Å². The summed E-state index contributed by atoms with van der Waals surface area (Å²) in [6, 6.07) is 0. The summed E-state index contributed by atoms with van der Waals surface area (Å²) in [5.74, 6) is 0.908. The molecule has 2 heterocycles. The molecule has 2 aliphatic heterocycles. The maximum Gasteiger partial charge on any atom is 0.224 e. The summed E-state index contributed by atoms with van der Waals surface area (Å²) < 4.78 is 5.63. The van der Waals surface area contributed by atoms with Crippen molar-refractivity contribution >= 4 is 5.91 Å². The quantitative estimate of drug-likeness (QED) is 0.768. The van der Waals surface area contributed by atoms with Gasteiger partial charge in [0.15, 0.2) is 0 Å². The summed E-state index contributed by atoms with van der Waals surface area (Å²) in [4.78, 5) is 12.0. The highest BCUT2D eigenvalue weighted by atomic mass is 16.5. The highest BCUT2D eigenvalue weighted by Crippen LogP contribution is 2.22. The first-order valence-corrected chi connectivity index (χ1v) is 6.91. The Hall–Kier alpha value is -0.610. The second-order valence-corrected chi connectivity index (χ2v) is 5.15. The molecule has 4 nitrogen and oxygen atoms in total. The van der Waals surface area contributed by atoms with E-state index in [0.717, 1.165) is 51.9 Å². The lowest BCUT2D eigenvalue weighted by Gasteiger charge is -2.23. The molecule has 0 radical (unpaired) electrons. The van der Waals surface area contributed by atoms with Gasteiger partial charge in [0, 0.05) is 25.6 Å². The fraction of sp³-hybridized carbons (Fsp3) is 0.923. The zero-order valence-corrected chi connectivity index (χ0v) is 10.7. The third-order valence-corrected chi connectivity index (χ3v) is 3.95. The molecule has 0 bridgehead atoms. The largest absolute Gasteiger partial charge is 0.378 e. The molecule has 0 aliphatic carbocycles. The fourth-order valence-corrected chi connectivity index (χ4v) is 2.83. The van der Waals surface area contributed by atoms with Gasteiger partial charge >= 0.3 is 0 Å². The van der Waals surface area contributed by atoms with Crippen molar-refractivity contribution in [2.24, 2.45) is 11.8 Å². The first kappa shape index (κ1) is 12.8. The van der Waals surface area contributed by atoms with Crippen molar-refractivity contribution in [3.63, 3.8) is 0 Å². The van der Waals surface area contributed by atoms with Crippen LogP contribution in [0.25, 0.3) is 0 Å². The van der Waals surface area contributed by atoms with Gasteiger partial charge in [-0.25, -0.2) is 0 Å². The van der Waals surface area contributed by atoms with Crippen LogP contribution in [0.2, 0.25) is 0 Å². The number of carbonyl (C=O) groups excluding carboxylic acids is 1. The standard InChI is InChI=1S/C13H24N2O2/c1-2-12-10(5-7-17-12)9-15-13(16)11-4-3-6-14-8-11/h10-12,14H,2-9H2,1H3,(H,15,16). The second kappa shape index (κ2) is 6.36. The molecular weight excluding hydrogens is 216 g/mol. The molecule has 3 unspecified atom stereocenters. The smallest absolute Gasteiger partial charge is 0.224 e. The van der Waals surface area contributed by atoms with E-state index in [1.807, 2.05) is 0 Å². The minimum absolute atomic E-state index is 0.172. The monoisotopic (exact) mass is 240 g/mol. The van der Waals surface area contributed by atoms with E-state index in [9.17, 15) is 4.79 Å². The first-order valence-electron chi connectivity index (χ1n) is 6.91. The molecule has 2 rings (SSSR count). The predicted molar refractivity (Wildman–Crippen MR) is 66.7 cm³/mol. The third-order valence-electron chi connectivity index (χ3n) is 3.95. The molecular formula is C13H24N2O2. The predicted octanol–water partition coefficient (Wildman–Crippen LogP) is 0.917. The van der Waals surface area contributed by atoms with Gasteiger partial charge in [-0.2, -0.15) is 0 Å². The Kier molecular flexibility index (Phi) is 4.80. The van der Waals surface area contributed by atoms with Crippen molar-refractivity contribution in [3.05, 3.63) is 0 Å². The summed E-state index contributed by atoms with van der Waals surface area (Å²) in [5.41, 5.74) is 0. The van der Waals surface area contributed by atoms with E-state index < -0.39 is 0 Å². The minimum atomic E-state index is 0.172. The normalized spacial score (nSPS) is 33.6. The maximum absolute atomic E-state index is 12.0. The number of piperidine rings is 1. The van der Waals surface area contributed by atoms with Crippen molar-refractivity contribution in [1.82, 2.24) is 10.6 Å². The Bertz CT molecular complexity index is 252. The number of hydrogen-bond donors (Lipinski definition) is 2. The first-order chi connectivity index (χ1) is 8.31. The van der Waals surface area contributed by atoms with Crippen molar-refractivity contribution < 1.29 is 9.53 Å². The maximum atomic E-state index is 12.0. The summed E-state index contributed by atoms with van der Waals surface area (Å²) in [7, 11) is 0. The Morgan fingerprint density at radius 1 is 1.47 bits per heavy atom. The van der Waals surface area contributed by atoms with Gasteiger partial charge in [0.1, 0.15) is 0 Å². The summed E-state index contributed by atoms with van der Waals surface area (Å²) in [6.07, 6.45) is 4.62. The van der Waals surface area contributed by atoms with Crippen LogP contribution in [0, 0.1) is 11.8 Å². The molecule has 17 heavy (non-hydrogen) atoms. The third kappa shape index (κ3) is 3.42. The summed E-state index contributed by atoms with van der Waals surface area (Å²) in [5, 5.41) is 6.38. The highest BCUT2D eigenvalue weighted by Gasteiger charge is 2.28. The van der Waals surface area contributed by atoms with Crippen LogP contribution in [0.15, 0.2) is 0 Å². The van der Waals surface area contributed by atoms with Gasteiger partial charge in [0.05, 0.1) is 12.0 Å². The van der Waals surface area contributed by atoms with Crippen LogP contribution in [0.1, 0.15) is 32.6 Å². The zero-order chi connectivity index (χ0) is 12.1. The van der Waals surface area contributed by atoms with E-state index in [4.69, 9.17) is 4.74 Å². The number of nitrogens with one attached hydrogen (secondary N) is 2. The molecule has 0 saturated carbocycles. The lowest BCUT2D eigenvalue weighted by atomic mass is 9.97. The van der Waals surface area contributed by atoms with Gasteiger partial charge in [-0.1, -0.05) is 6.92 Å². The molecule has 98 valence electrons. The minimum Gasteiger partial charge on any atom is -0.378 e. The number of ether oxygens (including phenoxy) is 1. The van der Waals surface area contributed by atoms with Crippen LogP contribution in [0.4, 0.5) is 0 Å². The van der Waals surface area contributed by atoms with E-state index >= 15 is 0 Å². The number of amides is 1. The average molecular weight is 240 g/mol. The number of hydrogen-bond acceptors (Lipinski definition) is 3. The Morgan fingerprint density at radius 2 is 2.35 bits per heavy atom. The molecule has 2 saturated heterocycles. The molecule has 1 amide bonds. The molecule has 0 aromatic carbocycles. The van der Waals surface area contributed by atoms with Gasteiger partial charge < -0.3 is 15.4 Å². The van der Waals surface area contributed by atoms with Gasteiger partial charge in [-0.05, 0) is 32.2 Å². The van der Waals surface area contributed by atoms with Crippen LogP contribution in [0.5, 0.6) is 0 Å². The lowest BCUT2D eigenvalue weighted by molar-refractivity contribution is -0.125. The van der Waals surface area contributed by atoms with Crippen LogP contribution < -0.4 is 10.6 Å². The molecule has 2 N–H and O–H groups in total. The van der Waals surface area contributed by atoms with Gasteiger partial charge in [0.25, 0.3) is 0 Å². The Morgan fingerprint density at radius 3 is 3.06 bits per heavy atom. The van der Waals surface area contributed by atoms with Crippen molar-refractivity contribution in [1.29, 1.82) is 0 Å². The number of carbonyl (C=O) groups is 1. The van der Waals surface area contributed by atoms with Crippen LogP contribution in [-0.2, 0) is 9.53 Å².